The summed E-state index contributed by atoms with van der Waals surface area (Å²) in [5, 5.41) is 8.82. The molecule has 0 aromatic carbocycles. The van der Waals surface area contributed by atoms with Crippen LogP contribution in [0.3, 0.4) is 0 Å². The molecule has 3 heteroatoms. The fourth-order valence-corrected chi connectivity index (χ4v) is 1.23. The van der Waals surface area contributed by atoms with Gasteiger partial charge in [0.15, 0.2) is 0 Å². The number of hydrogen-bond donors (Lipinski definition) is 1. The van der Waals surface area contributed by atoms with Gasteiger partial charge in [-0.25, -0.2) is 0 Å². The quantitative estimate of drug-likeness (QED) is 0.709. The number of pyridine rings is 1. The highest BCUT2D eigenvalue weighted by atomic mass is 14.6. The molecule has 0 saturated carbocycles. The highest BCUT2D eigenvalue weighted by Gasteiger charge is 2.03. The van der Waals surface area contributed by atoms with Crippen LogP contribution in [0, 0.1) is 11.3 Å². The van der Waals surface area contributed by atoms with E-state index in [1.165, 1.54) is 0 Å². The number of rotatable bonds is 1. The summed E-state index contributed by atoms with van der Waals surface area (Å²) in [4.78, 5) is 6.84. The van der Waals surface area contributed by atoms with Crippen molar-refractivity contribution in [3.63, 3.8) is 0 Å². The Morgan fingerprint density at radius 1 is 1.38 bits per heavy atom. The Kier molecular flexibility index (Phi) is 1.81. The van der Waals surface area contributed by atoms with Crippen molar-refractivity contribution in [1.29, 1.82) is 5.26 Å². The van der Waals surface area contributed by atoms with Crippen LogP contribution < -0.4 is 0 Å². The predicted molar refractivity (Wildman–Crippen MR) is 48.7 cm³/mol. The average Bonchev–Trinajstić information content (AvgIpc) is 2.70. The molecule has 0 bridgehead atoms. The van der Waals surface area contributed by atoms with Crippen LogP contribution in [0.4, 0.5) is 0 Å². The van der Waals surface area contributed by atoms with Crippen molar-refractivity contribution in [2.45, 2.75) is 0 Å². The summed E-state index contributed by atoms with van der Waals surface area (Å²) in [7, 11) is 0. The number of aromatic nitrogens is 2. The van der Waals surface area contributed by atoms with E-state index in [-0.39, 0.29) is 0 Å². The third-order valence-corrected chi connectivity index (χ3v) is 1.85. The summed E-state index contributed by atoms with van der Waals surface area (Å²) in [6.07, 6.45) is 6.94. The Morgan fingerprint density at radius 3 is 3.00 bits per heavy atom. The van der Waals surface area contributed by atoms with Crippen molar-refractivity contribution in [3.8, 4) is 17.2 Å². The minimum Gasteiger partial charge on any atom is -0.367 e. The fourth-order valence-electron chi connectivity index (χ4n) is 1.23. The van der Waals surface area contributed by atoms with Gasteiger partial charge < -0.3 is 4.98 Å². The summed E-state index contributed by atoms with van der Waals surface area (Å²) in [5.74, 6) is 0. The smallest absolute Gasteiger partial charge is 0.101 e. The van der Waals surface area contributed by atoms with E-state index in [1.807, 2.05) is 24.5 Å². The second-order valence-corrected chi connectivity index (χ2v) is 2.63. The number of nitriles is 1. The minimum absolute atomic E-state index is 0.599. The minimum atomic E-state index is 0.599. The lowest BCUT2D eigenvalue weighted by Gasteiger charge is -1.98. The van der Waals surface area contributed by atoms with E-state index in [4.69, 9.17) is 5.26 Å². The van der Waals surface area contributed by atoms with Crippen molar-refractivity contribution in [1.82, 2.24) is 9.97 Å². The normalized spacial score (nSPS) is 9.46. The summed E-state index contributed by atoms with van der Waals surface area (Å²) in [5.41, 5.74) is 2.53. The van der Waals surface area contributed by atoms with Crippen LogP contribution in [0.25, 0.3) is 11.1 Å². The van der Waals surface area contributed by atoms with Gasteiger partial charge >= 0.3 is 0 Å². The highest BCUT2D eigenvalue weighted by Crippen LogP contribution is 2.20. The zero-order chi connectivity index (χ0) is 9.10. The number of H-pyrrole nitrogens is 1. The zero-order valence-electron chi connectivity index (χ0n) is 6.86. The Balaban J connectivity index is 2.59. The number of nitrogens with one attached hydrogen (secondary N) is 1. The average molecular weight is 169 g/mol. The summed E-state index contributed by atoms with van der Waals surface area (Å²) >= 11 is 0. The first-order valence-corrected chi connectivity index (χ1v) is 3.89. The van der Waals surface area contributed by atoms with Gasteiger partial charge in [-0.1, -0.05) is 0 Å². The SMILES string of the molecule is N#Cc1cnccc1-c1cc[nH]c1. The molecule has 0 aliphatic rings. The van der Waals surface area contributed by atoms with E-state index in [9.17, 15) is 0 Å². The van der Waals surface area contributed by atoms with Crippen molar-refractivity contribution >= 4 is 0 Å². The van der Waals surface area contributed by atoms with Crippen LogP contribution in [0.15, 0.2) is 36.9 Å². The topological polar surface area (TPSA) is 52.5 Å². The van der Waals surface area contributed by atoms with Gasteiger partial charge in [0, 0.05) is 35.9 Å². The largest absolute Gasteiger partial charge is 0.367 e. The van der Waals surface area contributed by atoms with Gasteiger partial charge in [0.2, 0.25) is 0 Å². The number of hydrogen-bond acceptors (Lipinski definition) is 2. The predicted octanol–water partition coefficient (Wildman–Crippen LogP) is 1.95. The standard InChI is InChI=1S/C10H7N3/c11-5-9-7-13-4-2-10(9)8-1-3-12-6-8/h1-4,6-7,12H. The van der Waals surface area contributed by atoms with Crippen molar-refractivity contribution in [2.75, 3.05) is 0 Å². The molecule has 2 aromatic rings. The third-order valence-electron chi connectivity index (χ3n) is 1.85. The molecular weight excluding hydrogens is 162 g/mol. The molecule has 2 rings (SSSR count). The van der Waals surface area contributed by atoms with Gasteiger partial charge in [0.1, 0.15) is 6.07 Å². The number of nitrogens with zero attached hydrogens (tertiary/aromatic N) is 2. The molecule has 2 aromatic heterocycles. The molecule has 0 atom stereocenters. The van der Waals surface area contributed by atoms with Crippen LogP contribution in [0.1, 0.15) is 5.56 Å². The fraction of sp³-hybridized carbons (Fsp3) is 0. The van der Waals surface area contributed by atoms with Gasteiger partial charge in [0.25, 0.3) is 0 Å². The van der Waals surface area contributed by atoms with E-state index in [1.54, 1.807) is 12.4 Å². The van der Waals surface area contributed by atoms with E-state index in [0.29, 0.717) is 5.56 Å². The first-order chi connectivity index (χ1) is 6.42. The van der Waals surface area contributed by atoms with Gasteiger partial charge in [-0.15, -0.1) is 0 Å². The molecule has 0 radical (unpaired) electrons. The second-order valence-electron chi connectivity index (χ2n) is 2.63. The molecule has 0 aliphatic carbocycles. The molecule has 13 heavy (non-hydrogen) atoms. The van der Waals surface area contributed by atoms with Crippen molar-refractivity contribution in [3.05, 3.63) is 42.5 Å². The molecule has 0 unspecified atom stereocenters. The molecule has 0 aliphatic heterocycles. The van der Waals surface area contributed by atoms with Gasteiger partial charge in [0.05, 0.1) is 5.56 Å². The van der Waals surface area contributed by atoms with E-state index in [0.717, 1.165) is 11.1 Å². The molecule has 0 fully saturated rings. The van der Waals surface area contributed by atoms with Crippen molar-refractivity contribution < 1.29 is 0 Å². The molecule has 62 valence electrons. The maximum absolute atomic E-state index is 8.82. The van der Waals surface area contributed by atoms with E-state index < -0.39 is 0 Å². The van der Waals surface area contributed by atoms with Crippen LogP contribution in [-0.4, -0.2) is 9.97 Å². The molecule has 0 amide bonds. The maximum Gasteiger partial charge on any atom is 0.101 e. The molecular formula is C10H7N3. The Labute approximate surface area is 75.7 Å². The van der Waals surface area contributed by atoms with Gasteiger partial charge in [-0.05, 0) is 12.1 Å². The molecule has 1 N–H and O–H groups in total. The Hall–Kier alpha value is -2.08. The first-order valence-electron chi connectivity index (χ1n) is 3.89. The van der Waals surface area contributed by atoms with Crippen LogP contribution in [0.2, 0.25) is 0 Å². The van der Waals surface area contributed by atoms with E-state index >= 15 is 0 Å². The van der Waals surface area contributed by atoms with Crippen LogP contribution >= 0.6 is 0 Å². The number of aromatic amines is 1. The lowest BCUT2D eigenvalue weighted by molar-refractivity contribution is 1.30. The van der Waals surface area contributed by atoms with E-state index in [2.05, 4.69) is 16.0 Å². The molecule has 0 spiro atoms. The summed E-state index contributed by atoms with van der Waals surface area (Å²) < 4.78 is 0. The molecule has 2 heterocycles. The van der Waals surface area contributed by atoms with Crippen molar-refractivity contribution in [2.24, 2.45) is 0 Å². The van der Waals surface area contributed by atoms with Gasteiger partial charge in [-0.3, -0.25) is 4.98 Å². The van der Waals surface area contributed by atoms with Crippen LogP contribution in [0.5, 0.6) is 0 Å². The van der Waals surface area contributed by atoms with Gasteiger partial charge in [-0.2, -0.15) is 5.26 Å². The van der Waals surface area contributed by atoms with Crippen LogP contribution in [-0.2, 0) is 0 Å². The summed E-state index contributed by atoms with van der Waals surface area (Å²) in [6, 6.07) is 5.87. The molecule has 0 saturated heterocycles. The second kappa shape index (κ2) is 3.11. The summed E-state index contributed by atoms with van der Waals surface area (Å²) in [6.45, 7) is 0. The highest BCUT2D eigenvalue weighted by molar-refractivity contribution is 5.68. The first kappa shape index (κ1) is 7.56. The maximum atomic E-state index is 8.82. The zero-order valence-corrected chi connectivity index (χ0v) is 6.86. The Bertz CT molecular complexity index is 437. The Morgan fingerprint density at radius 2 is 2.31 bits per heavy atom. The third kappa shape index (κ3) is 1.30. The lowest BCUT2D eigenvalue weighted by atomic mass is 10.1. The molecule has 3 nitrogen and oxygen atoms in total. The monoisotopic (exact) mass is 169 g/mol. The lowest BCUT2D eigenvalue weighted by Crippen LogP contribution is -1.83.